The smallest absolute Gasteiger partial charge is 0.144 e. The maximum atomic E-state index is 9.11. The largest absolute Gasteiger partial charge is 0.376 e. The molecule has 4 nitrogen and oxygen atoms in total. The summed E-state index contributed by atoms with van der Waals surface area (Å²) in [5, 5.41) is 12.5. The third-order valence-electron chi connectivity index (χ3n) is 3.70. The van der Waals surface area contributed by atoms with Gasteiger partial charge in [-0.25, -0.2) is 4.98 Å². The number of nitrogens with one attached hydrogen (secondary N) is 1. The highest BCUT2D eigenvalue weighted by molar-refractivity contribution is 5.53. The summed E-state index contributed by atoms with van der Waals surface area (Å²) in [6, 6.07) is 6.19. The first-order chi connectivity index (χ1) is 8.78. The minimum atomic E-state index is 0.304. The van der Waals surface area contributed by atoms with Crippen LogP contribution in [0.4, 0.5) is 5.82 Å². The second-order valence-electron chi connectivity index (χ2n) is 5.17. The molecular formula is C14H17N3O. The van der Waals surface area contributed by atoms with Gasteiger partial charge >= 0.3 is 0 Å². The van der Waals surface area contributed by atoms with Gasteiger partial charge in [-0.05, 0) is 44.2 Å². The van der Waals surface area contributed by atoms with Crippen LogP contribution in [-0.4, -0.2) is 23.7 Å². The molecule has 0 spiro atoms. The summed E-state index contributed by atoms with van der Waals surface area (Å²) in [6.45, 7) is 2.75. The van der Waals surface area contributed by atoms with Gasteiger partial charge in [0, 0.05) is 12.3 Å². The lowest BCUT2D eigenvalue weighted by molar-refractivity contribution is 0.0898. The van der Waals surface area contributed by atoms with Crippen molar-refractivity contribution in [2.24, 2.45) is 5.92 Å². The molecule has 2 aliphatic rings. The van der Waals surface area contributed by atoms with Gasteiger partial charge < -0.3 is 10.1 Å². The Balaban J connectivity index is 1.79. The number of nitriles is 1. The van der Waals surface area contributed by atoms with Gasteiger partial charge in [-0.15, -0.1) is 0 Å². The van der Waals surface area contributed by atoms with Crippen LogP contribution in [0.1, 0.15) is 30.5 Å². The van der Waals surface area contributed by atoms with Gasteiger partial charge in [0.1, 0.15) is 11.9 Å². The van der Waals surface area contributed by atoms with Crippen molar-refractivity contribution in [2.75, 3.05) is 11.9 Å². The topological polar surface area (TPSA) is 57.9 Å². The number of ether oxygens (including phenoxy) is 1. The molecule has 2 heterocycles. The monoisotopic (exact) mass is 243 g/mol. The molecule has 0 bridgehead atoms. The highest BCUT2D eigenvalue weighted by Gasteiger charge is 2.40. The van der Waals surface area contributed by atoms with Crippen LogP contribution in [0, 0.1) is 24.2 Å². The summed E-state index contributed by atoms with van der Waals surface area (Å²) < 4.78 is 5.79. The fraction of sp³-hybridized carbons (Fsp3) is 0.571. The molecule has 1 aliphatic carbocycles. The first-order valence-electron chi connectivity index (χ1n) is 6.54. The molecule has 0 amide bonds. The first-order valence-corrected chi connectivity index (χ1v) is 6.54. The van der Waals surface area contributed by atoms with E-state index < -0.39 is 0 Å². The lowest BCUT2D eigenvalue weighted by atomic mass is 10.1. The number of pyridine rings is 1. The zero-order valence-corrected chi connectivity index (χ0v) is 10.5. The Bertz CT molecular complexity index is 490. The molecule has 2 fully saturated rings. The Morgan fingerprint density at radius 3 is 2.94 bits per heavy atom. The van der Waals surface area contributed by atoms with Crippen molar-refractivity contribution < 1.29 is 4.74 Å². The number of nitrogens with zero attached hydrogens (tertiary/aromatic N) is 2. The van der Waals surface area contributed by atoms with Gasteiger partial charge in [-0.3, -0.25) is 0 Å². The van der Waals surface area contributed by atoms with E-state index in [1.54, 1.807) is 0 Å². The molecule has 18 heavy (non-hydrogen) atoms. The first kappa shape index (κ1) is 11.5. The molecule has 94 valence electrons. The summed E-state index contributed by atoms with van der Waals surface area (Å²) in [5.41, 5.74) is 1.54. The minimum Gasteiger partial charge on any atom is -0.376 e. The third kappa shape index (κ3) is 2.19. The third-order valence-corrected chi connectivity index (χ3v) is 3.70. The Morgan fingerprint density at radius 2 is 2.22 bits per heavy atom. The van der Waals surface area contributed by atoms with Crippen LogP contribution >= 0.6 is 0 Å². The molecule has 0 radical (unpaired) electrons. The van der Waals surface area contributed by atoms with E-state index in [9.17, 15) is 0 Å². The van der Waals surface area contributed by atoms with Crippen molar-refractivity contribution in [1.29, 1.82) is 5.26 Å². The van der Waals surface area contributed by atoms with Crippen LogP contribution in [0.2, 0.25) is 0 Å². The molecule has 1 N–H and O–H groups in total. The molecule has 2 unspecified atom stereocenters. The summed E-state index contributed by atoms with van der Waals surface area (Å²) in [4.78, 5) is 4.43. The number of rotatable bonds is 3. The average molecular weight is 243 g/mol. The number of anilines is 1. The summed E-state index contributed by atoms with van der Waals surface area (Å²) in [6.07, 6.45) is 3.85. The van der Waals surface area contributed by atoms with Crippen LogP contribution < -0.4 is 5.32 Å². The molecule has 1 saturated heterocycles. The van der Waals surface area contributed by atoms with Gasteiger partial charge in [-0.1, -0.05) is 0 Å². The van der Waals surface area contributed by atoms with Crippen molar-refractivity contribution in [3.05, 3.63) is 23.4 Å². The standard InChI is InChI=1S/C14H17N3O/c1-9-2-3-11(8-15)14(16-9)17-12-6-7-18-13(12)10-4-5-10/h2-3,10,12-13H,4-7H2,1H3,(H,16,17). The summed E-state index contributed by atoms with van der Waals surface area (Å²) in [5.74, 6) is 1.42. The predicted molar refractivity (Wildman–Crippen MR) is 68.2 cm³/mol. The highest BCUT2D eigenvalue weighted by atomic mass is 16.5. The fourth-order valence-electron chi connectivity index (χ4n) is 2.59. The van der Waals surface area contributed by atoms with E-state index in [1.165, 1.54) is 12.8 Å². The van der Waals surface area contributed by atoms with E-state index in [-0.39, 0.29) is 0 Å². The normalized spacial score (nSPS) is 26.9. The molecule has 2 atom stereocenters. The number of hydrogen-bond acceptors (Lipinski definition) is 4. The maximum Gasteiger partial charge on any atom is 0.144 e. The number of aromatic nitrogens is 1. The SMILES string of the molecule is Cc1ccc(C#N)c(NC2CCOC2C2CC2)n1. The quantitative estimate of drug-likeness (QED) is 0.884. The average Bonchev–Trinajstić information content (AvgIpc) is 3.11. The second kappa shape index (κ2) is 4.58. The Kier molecular flexibility index (Phi) is 2.92. The molecule has 1 saturated carbocycles. The van der Waals surface area contributed by atoms with E-state index in [0.29, 0.717) is 29.4 Å². The van der Waals surface area contributed by atoms with E-state index in [4.69, 9.17) is 10.00 Å². The van der Waals surface area contributed by atoms with E-state index in [2.05, 4.69) is 16.4 Å². The van der Waals surface area contributed by atoms with Crippen molar-refractivity contribution in [1.82, 2.24) is 4.98 Å². The molecule has 1 aromatic rings. The van der Waals surface area contributed by atoms with Crippen molar-refractivity contribution in [3.8, 4) is 6.07 Å². The summed E-state index contributed by atoms with van der Waals surface area (Å²) >= 11 is 0. The van der Waals surface area contributed by atoms with Gasteiger partial charge in [0.25, 0.3) is 0 Å². The molecule has 1 aromatic heterocycles. The fourth-order valence-corrected chi connectivity index (χ4v) is 2.59. The second-order valence-corrected chi connectivity index (χ2v) is 5.17. The minimum absolute atomic E-state index is 0.304. The lowest BCUT2D eigenvalue weighted by Crippen LogP contribution is -2.31. The van der Waals surface area contributed by atoms with Crippen LogP contribution in [0.15, 0.2) is 12.1 Å². The molecule has 0 aromatic carbocycles. The van der Waals surface area contributed by atoms with E-state index >= 15 is 0 Å². The highest BCUT2D eigenvalue weighted by Crippen LogP contribution is 2.39. The Labute approximate surface area is 107 Å². The van der Waals surface area contributed by atoms with Crippen molar-refractivity contribution >= 4 is 5.82 Å². The van der Waals surface area contributed by atoms with Gasteiger partial charge in [0.05, 0.1) is 17.7 Å². The van der Waals surface area contributed by atoms with Gasteiger partial charge in [0.2, 0.25) is 0 Å². The summed E-state index contributed by atoms with van der Waals surface area (Å²) in [7, 11) is 0. The van der Waals surface area contributed by atoms with Crippen molar-refractivity contribution in [3.63, 3.8) is 0 Å². The van der Waals surface area contributed by atoms with Crippen LogP contribution in [0.3, 0.4) is 0 Å². The molecule has 3 rings (SSSR count). The van der Waals surface area contributed by atoms with Crippen LogP contribution in [0.25, 0.3) is 0 Å². The zero-order chi connectivity index (χ0) is 12.5. The molecular weight excluding hydrogens is 226 g/mol. The predicted octanol–water partition coefficient (Wildman–Crippen LogP) is 2.24. The lowest BCUT2D eigenvalue weighted by Gasteiger charge is -2.20. The van der Waals surface area contributed by atoms with Crippen molar-refractivity contribution in [2.45, 2.75) is 38.3 Å². The Morgan fingerprint density at radius 1 is 1.39 bits per heavy atom. The molecule has 1 aliphatic heterocycles. The number of hydrogen-bond donors (Lipinski definition) is 1. The maximum absolute atomic E-state index is 9.11. The van der Waals surface area contributed by atoms with Crippen LogP contribution in [-0.2, 0) is 4.74 Å². The number of aryl methyl sites for hydroxylation is 1. The van der Waals surface area contributed by atoms with Crippen LogP contribution in [0.5, 0.6) is 0 Å². The van der Waals surface area contributed by atoms with E-state index in [1.807, 2.05) is 19.1 Å². The Hall–Kier alpha value is -1.60. The van der Waals surface area contributed by atoms with Gasteiger partial charge in [-0.2, -0.15) is 5.26 Å². The van der Waals surface area contributed by atoms with E-state index in [0.717, 1.165) is 18.7 Å². The van der Waals surface area contributed by atoms with Gasteiger partial charge in [0.15, 0.2) is 0 Å². The zero-order valence-electron chi connectivity index (χ0n) is 10.5. The molecule has 4 heteroatoms.